The second-order valence-corrected chi connectivity index (χ2v) is 5.53. The van der Waals surface area contributed by atoms with Gasteiger partial charge in [-0.2, -0.15) is 0 Å². The minimum atomic E-state index is 0.221. The van der Waals surface area contributed by atoms with Crippen LogP contribution in [0.2, 0.25) is 0 Å². The summed E-state index contributed by atoms with van der Waals surface area (Å²) in [7, 11) is 0. The first kappa shape index (κ1) is 15.3. The summed E-state index contributed by atoms with van der Waals surface area (Å²) in [6.07, 6.45) is 0. The molecule has 0 radical (unpaired) electrons. The van der Waals surface area contributed by atoms with Crippen molar-refractivity contribution in [3.05, 3.63) is 41.6 Å². The van der Waals surface area contributed by atoms with Gasteiger partial charge in [0.1, 0.15) is 0 Å². The molecule has 0 amide bonds. The van der Waals surface area contributed by atoms with Crippen molar-refractivity contribution in [2.24, 2.45) is 10.9 Å². The molecule has 5 heteroatoms. The van der Waals surface area contributed by atoms with Crippen LogP contribution in [0, 0.1) is 6.92 Å². The zero-order valence-electron chi connectivity index (χ0n) is 12.7. The van der Waals surface area contributed by atoms with E-state index in [1.54, 1.807) is 0 Å². The van der Waals surface area contributed by atoms with Gasteiger partial charge in [0.05, 0.1) is 12.1 Å². The van der Waals surface area contributed by atoms with Gasteiger partial charge in [-0.25, -0.2) is 0 Å². The Labute approximate surface area is 125 Å². The van der Waals surface area contributed by atoms with Gasteiger partial charge in [-0.15, -0.1) is 0 Å². The molecular weight excluding hydrogens is 264 g/mol. The van der Waals surface area contributed by atoms with Crippen LogP contribution in [0.3, 0.4) is 0 Å². The van der Waals surface area contributed by atoms with Crippen LogP contribution in [-0.4, -0.2) is 33.5 Å². The number of hydrogen-bond acceptors (Lipinski definition) is 4. The molecule has 0 aliphatic rings. The fourth-order valence-corrected chi connectivity index (χ4v) is 2.41. The lowest BCUT2D eigenvalue weighted by atomic mass is 10.1. The Balaban J connectivity index is 2.36. The highest BCUT2D eigenvalue weighted by Gasteiger charge is 2.14. The highest BCUT2D eigenvalue weighted by molar-refractivity contribution is 5.83. The number of nitrogens with two attached hydrogens (primary N) is 1. The molecule has 112 valence electrons. The van der Waals surface area contributed by atoms with Crippen molar-refractivity contribution in [2.75, 3.05) is 6.54 Å². The number of rotatable bonds is 5. The SMILES string of the molecule is Cc1cc(CN(CC(N)=NO)C(C)C)c2ccccc2n1. The van der Waals surface area contributed by atoms with Crippen LogP contribution in [0.15, 0.2) is 35.5 Å². The number of hydrogen-bond donors (Lipinski definition) is 2. The maximum Gasteiger partial charge on any atom is 0.153 e. The van der Waals surface area contributed by atoms with Gasteiger partial charge < -0.3 is 10.9 Å². The largest absolute Gasteiger partial charge is 0.409 e. The summed E-state index contributed by atoms with van der Waals surface area (Å²) >= 11 is 0. The van der Waals surface area contributed by atoms with Crippen LogP contribution >= 0.6 is 0 Å². The smallest absolute Gasteiger partial charge is 0.153 e. The topological polar surface area (TPSA) is 74.7 Å². The second-order valence-electron chi connectivity index (χ2n) is 5.53. The first-order chi connectivity index (χ1) is 10.0. The number of para-hydroxylation sites is 1. The van der Waals surface area contributed by atoms with Crippen molar-refractivity contribution in [1.29, 1.82) is 0 Å². The predicted molar refractivity (Wildman–Crippen MR) is 85.4 cm³/mol. The summed E-state index contributed by atoms with van der Waals surface area (Å²) in [5.41, 5.74) is 8.86. The number of aryl methyl sites for hydroxylation is 1. The van der Waals surface area contributed by atoms with E-state index in [0.717, 1.165) is 23.1 Å². The standard InChI is InChI=1S/C16H22N4O/c1-11(2)20(10-16(17)19-21)9-13-8-12(3)18-15-7-5-4-6-14(13)15/h4-8,11,21H,9-10H2,1-3H3,(H2,17,19). The Hall–Kier alpha value is -2.14. The highest BCUT2D eigenvalue weighted by Crippen LogP contribution is 2.20. The first-order valence-electron chi connectivity index (χ1n) is 7.07. The van der Waals surface area contributed by atoms with E-state index in [0.29, 0.717) is 6.54 Å². The molecule has 0 spiro atoms. The van der Waals surface area contributed by atoms with Crippen LogP contribution in [0.1, 0.15) is 25.1 Å². The Kier molecular flexibility index (Phi) is 4.75. The molecule has 0 unspecified atom stereocenters. The third-order valence-corrected chi connectivity index (χ3v) is 3.53. The van der Waals surface area contributed by atoms with E-state index in [1.165, 1.54) is 5.56 Å². The number of pyridine rings is 1. The van der Waals surface area contributed by atoms with Crippen molar-refractivity contribution in [3.63, 3.8) is 0 Å². The average Bonchev–Trinajstić information content (AvgIpc) is 2.45. The number of benzene rings is 1. The zero-order valence-corrected chi connectivity index (χ0v) is 12.7. The summed E-state index contributed by atoms with van der Waals surface area (Å²) < 4.78 is 0. The van der Waals surface area contributed by atoms with E-state index < -0.39 is 0 Å². The zero-order chi connectivity index (χ0) is 15.4. The van der Waals surface area contributed by atoms with Crippen molar-refractivity contribution in [1.82, 2.24) is 9.88 Å². The Morgan fingerprint density at radius 2 is 2.10 bits per heavy atom. The lowest BCUT2D eigenvalue weighted by Gasteiger charge is -2.26. The number of amidine groups is 1. The second kappa shape index (κ2) is 6.54. The molecule has 2 aromatic rings. The third-order valence-electron chi connectivity index (χ3n) is 3.53. The van der Waals surface area contributed by atoms with E-state index in [4.69, 9.17) is 10.9 Å². The maximum atomic E-state index is 8.77. The first-order valence-corrected chi connectivity index (χ1v) is 7.07. The summed E-state index contributed by atoms with van der Waals surface area (Å²) in [6.45, 7) is 7.36. The average molecular weight is 286 g/mol. The molecule has 0 saturated heterocycles. The van der Waals surface area contributed by atoms with Gasteiger partial charge in [-0.1, -0.05) is 23.4 Å². The van der Waals surface area contributed by atoms with Crippen LogP contribution in [-0.2, 0) is 6.54 Å². The van der Waals surface area contributed by atoms with Crippen molar-refractivity contribution in [2.45, 2.75) is 33.4 Å². The molecule has 21 heavy (non-hydrogen) atoms. The number of aromatic nitrogens is 1. The Morgan fingerprint density at radius 3 is 2.76 bits per heavy atom. The molecule has 0 aliphatic carbocycles. The van der Waals surface area contributed by atoms with Crippen LogP contribution in [0.25, 0.3) is 10.9 Å². The Bertz CT molecular complexity index is 652. The number of oxime groups is 1. The molecule has 1 heterocycles. The molecular formula is C16H22N4O. The molecule has 0 fully saturated rings. The summed E-state index contributed by atoms with van der Waals surface area (Å²) in [6, 6.07) is 10.5. The van der Waals surface area contributed by atoms with E-state index in [9.17, 15) is 0 Å². The monoisotopic (exact) mass is 286 g/mol. The van der Waals surface area contributed by atoms with E-state index in [1.807, 2.05) is 25.1 Å². The van der Waals surface area contributed by atoms with Gasteiger partial charge in [0.2, 0.25) is 0 Å². The maximum absolute atomic E-state index is 8.77. The molecule has 0 aliphatic heterocycles. The lowest BCUT2D eigenvalue weighted by molar-refractivity contribution is 0.239. The molecule has 0 atom stereocenters. The summed E-state index contributed by atoms with van der Waals surface area (Å²) in [5.74, 6) is 0.221. The number of nitrogens with zero attached hydrogens (tertiary/aromatic N) is 3. The fourth-order valence-electron chi connectivity index (χ4n) is 2.41. The van der Waals surface area contributed by atoms with Crippen LogP contribution < -0.4 is 5.73 Å². The minimum absolute atomic E-state index is 0.221. The molecule has 1 aromatic carbocycles. The van der Waals surface area contributed by atoms with E-state index in [-0.39, 0.29) is 11.9 Å². The van der Waals surface area contributed by atoms with Gasteiger partial charge in [0, 0.05) is 23.7 Å². The van der Waals surface area contributed by atoms with Crippen molar-refractivity contribution < 1.29 is 5.21 Å². The third kappa shape index (κ3) is 3.70. The lowest BCUT2D eigenvalue weighted by Crippen LogP contribution is -2.38. The van der Waals surface area contributed by atoms with Gasteiger partial charge in [0.15, 0.2) is 5.84 Å². The summed E-state index contributed by atoms with van der Waals surface area (Å²) in [5, 5.41) is 13.0. The molecule has 2 rings (SSSR count). The van der Waals surface area contributed by atoms with Crippen molar-refractivity contribution in [3.8, 4) is 0 Å². The van der Waals surface area contributed by atoms with E-state index >= 15 is 0 Å². The minimum Gasteiger partial charge on any atom is -0.409 e. The van der Waals surface area contributed by atoms with E-state index in [2.05, 4.69) is 41.0 Å². The highest BCUT2D eigenvalue weighted by atomic mass is 16.4. The predicted octanol–water partition coefficient (Wildman–Crippen LogP) is 2.50. The van der Waals surface area contributed by atoms with Gasteiger partial charge in [0.25, 0.3) is 0 Å². The summed E-state index contributed by atoms with van der Waals surface area (Å²) in [4.78, 5) is 6.72. The molecule has 5 nitrogen and oxygen atoms in total. The van der Waals surface area contributed by atoms with Gasteiger partial charge in [-0.05, 0) is 38.5 Å². The molecule has 1 aromatic heterocycles. The molecule has 0 bridgehead atoms. The normalized spacial score (nSPS) is 12.5. The van der Waals surface area contributed by atoms with Crippen molar-refractivity contribution >= 4 is 16.7 Å². The quantitative estimate of drug-likeness (QED) is 0.383. The number of fused-ring (bicyclic) bond motifs is 1. The Morgan fingerprint density at radius 1 is 1.38 bits per heavy atom. The molecule has 0 saturated carbocycles. The fraction of sp³-hybridized carbons (Fsp3) is 0.375. The molecule has 3 N–H and O–H groups in total. The van der Waals surface area contributed by atoms with Gasteiger partial charge in [-0.3, -0.25) is 9.88 Å². The van der Waals surface area contributed by atoms with Crippen LogP contribution in [0.5, 0.6) is 0 Å². The van der Waals surface area contributed by atoms with Gasteiger partial charge >= 0.3 is 0 Å². The van der Waals surface area contributed by atoms with Crippen LogP contribution in [0.4, 0.5) is 0 Å².